The summed E-state index contributed by atoms with van der Waals surface area (Å²) < 4.78 is 24.6. The van der Waals surface area contributed by atoms with Crippen molar-refractivity contribution in [2.24, 2.45) is 0 Å². The van der Waals surface area contributed by atoms with E-state index >= 15 is 0 Å². The van der Waals surface area contributed by atoms with E-state index in [1.54, 1.807) is 0 Å². The Balaban J connectivity index is 0. The number of hydrogen-bond acceptors (Lipinski definition) is 3. The summed E-state index contributed by atoms with van der Waals surface area (Å²) in [6.45, 7) is 2.60. The molecule has 1 atom stereocenters. The van der Waals surface area contributed by atoms with Gasteiger partial charge in [-0.1, -0.05) is 84.0 Å². The number of unbranched alkanes of at least 4 members (excludes halogenated alkanes) is 12. The molecule has 0 N–H and O–H groups in total. The van der Waals surface area contributed by atoms with E-state index in [-0.39, 0.29) is 51.4 Å². The molecule has 0 aliphatic heterocycles. The van der Waals surface area contributed by atoms with Crippen LogP contribution < -0.4 is 51.4 Å². The van der Waals surface area contributed by atoms with Gasteiger partial charge in [-0.05, 0) is 6.42 Å². The second-order valence-corrected chi connectivity index (χ2v) is 5.91. The van der Waals surface area contributed by atoms with Gasteiger partial charge >= 0.3 is 51.4 Å². The molecule has 0 fully saturated rings. The first-order chi connectivity index (χ1) is 9.27. The number of rotatable bonds is 15. The van der Waals surface area contributed by atoms with Crippen LogP contribution >= 0.6 is 0 Å². The molecule has 20 heavy (non-hydrogen) atoms. The predicted octanol–water partition coefficient (Wildman–Crippen LogP) is 1.89. The van der Waals surface area contributed by atoms with Crippen molar-refractivity contribution in [2.75, 3.05) is 6.61 Å². The largest absolute Gasteiger partial charge is 1.00 e. The molecule has 0 bridgehead atoms. The fourth-order valence-electron chi connectivity index (χ4n) is 2.25. The van der Waals surface area contributed by atoms with Gasteiger partial charge in [0.2, 0.25) is 0 Å². The van der Waals surface area contributed by atoms with Gasteiger partial charge < -0.3 is 8.74 Å². The van der Waals surface area contributed by atoms with Crippen LogP contribution in [0, 0.1) is 0 Å². The molecule has 1 unspecified atom stereocenters. The zero-order chi connectivity index (χ0) is 14.2. The third kappa shape index (κ3) is 22.0. The minimum Gasteiger partial charge on any atom is -0.750 e. The van der Waals surface area contributed by atoms with E-state index in [0.29, 0.717) is 6.61 Å². The van der Waals surface area contributed by atoms with Gasteiger partial charge in [0, 0.05) is 0 Å². The Morgan fingerprint density at radius 3 is 1.45 bits per heavy atom. The first-order valence-corrected chi connectivity index (χ1v) is 9.00. The molecule has 0 rings (SSSR count). The van der Waals surface area contributed by atoms with Crippen LogP contribution in [-0.4, -0.2) is 15.4 Å². The van der Waals surface area contributed by atoms with Crippen LogP contribution in [0.2, 0.25) is 0 Å². The fraction of sp³-hybridized carbons (Fsp3) is 1.00. The van der Waals surface area contributed by atoms with Gasteiger partial charge in [0.15, 0.2) is 0 Å². The Morgan fingerprint density at radius 1 is 0.750 bits per heavy atom. The Hall–Kier alpha value is 1.71. The summed E-state index contributed by atoms with van der Waals surface area (Å²) in [7, 11) is 0. The van der Waals surface area contributed by atoms with Gasteiger partial charge in [-0.3, -0.25) is 0 Å². The Morgan fingerprint density at radius 2 is 1.10 bits per heavy atom. The monoisotopic (exact) mass is 330 g/mol. The van der Waals surface area contributed by atoms with Crippen LogP contribution in [0.5, 0.6) is 0 Å². The molecule has 0 saturated heterocycles. The first kappa shape index (κ1) is 24.0. The maximum absolute atomic E-state index is 10.1. The van der Waals surface area contributed by atoms with Crippen molar-refractivity contribution in [3.05, 3.63) is 0 Å². The number of hydrogen-bond donors (Lipinski definition) is 0. The zero-order valence-electron chi connectivity index (χ0n) is 13.5. The zero-order valence-corrected chi connectivity index (χ0v) is 17.5. The van der Waals surface area contributed by atoms with E-state index in [0.717, 1.165) is 12.8 Å². The molecule has 0 amide bonds. The molecule has 116 valence electrons. The van der Waals surface area contributed by atoms with E-state index in [2.05, 4.69) is 11.1 Å². The van der Waals surface area contributed by atoms with Crippen molar-refractivity contribution in [3.8, 4) is 0 Å². The summed E-state index contributed by atoms with van der Waals surface area (Å²) in [5, 5.41) is 0. The van der Waals surface area contributed by atoms with Crippen molar-refractivity contribution in [1.29, 1.82) is 0 Å². The molecule has 5 heteroatoms. The summed E-state index contributed by atoms with van der Waals surface area (Å²) in [4.78, 5) is 0. The van der Waals surface area contributed by atoms with Gasteiger partial charge in [0.05, 0.1) is 18.0 Å². The molecule has 0 aromatic heterocycles. The molecule has 0 aromatic rings. The summed E-state index contributed by atoms with van der Waals surface area (Å²) in [6, 6.07) is 0. The smallest absolute Gasteiger partial charge is 0.750 e. The Bertz CT molecular complexity index is 204. The molecule has 0 aliphatic rings. The average Bonchev–Trinajstić information content (AvgIpc) is 2.39. The topological polar surface area (TPSA) is 49.4 Å². The molecule has 0 heterocycles. The maximum atomic E-state index is 10.1. The van der Waals surface area contributed by atoms with Gasteiger partial charge in [-0.2, -0.15) is 0 Å². The summed E-state index contributed by atoms with van der Waals surface area (Å²) >= 11 is -2.33. The fourth-order valence-corrected chi connectivity index (χ4v) is 2.50. The van der Waals surface area contributed by atoms with Gasteiger partial charge in [0.1, 0.15) is 0 Å². The Kier molecular flexibility index (Phi) is 24.8. The minimum absolute atomic E-state index is 0. The third-order valence-corrected chi connectivity index (χ3v) is 3.79. The van der Waals surface area contributed by atoms with E-state index in [1.165, 1.54) is 70.6 Å². The molecular weight excluding hydrogens is 299 g/mol. The van der Waals surface area contributed by atoms with Crippen LogP contribution in [0.3, 0.4) is 0 Å². The molecular formula is C15H31KO3S. The van der Waals surface area contributed by atoms with Crippen molar-refractivity contribution < 1.29 is 64.3 Å². The van der Waals surface area contributed by atoms with Crippen LogP contribution in [0.15, 0.2) is 0 Å². The quantitative estimate of drug-likeness (QED) is 0.262. The average molecular weight is 331 g/mol. The van der Waals surface area contributed by atoms with E-state index in [4.69, 9.17) is 0 Å². The minimum atomic E-state index is -2.33. The summed E-state index contributed by atoms with van der Waals surface area (Å²) in [5.74, 6) is 0. The second kappa shape index (κ2) is 20.7. The molecule has 0 aromatic carbocycles. The van der Waals surface area contributed by atoms with Crippen molar-refractivity contribution in [3.63, 3.8) is 0 Å². The van der Waals surface area contributed by atoms with Crippen LogP contribution in [0.4, 0.5) is 0 Å². The third-order valence-electron chi connectivity index (χ3n) is 3.43. The van der Waals surface area contributed by atoms with Gasteiger partial charge in [-0.25, -0.2) is 4.21 Å². The normalized spacial score (nSPS) is 12.1. The summed E-state index contributed by atoms with van der Waals surface area (Å²) in [5.41, 5.74) is 0. The van der Waals surface area contributed by atoms with Crippen molar-refractivity contribution in [1.82, 2.24) is 0 Å². The van der Waals surface area contributed by atoms with E-state index in [9.17, 15) is 8.76 Å². The SMILES string of the molecule is CCCCCCCCCCCCCCCOS(=O)[O-].[K+]. The Labute approximate surface area is 170 Å². The van der Waals surface area contributed by atoms with E-state index in [1.807, 2.05) is 0 Å². The predicted molar refractivity (Wildman–Crippen MR) is 80.6 cm³/mol. The van der Waals surface area contributed by atoms with Crippen LogP contribution in [0.25, 0.3) is 0 Å². The molecule has 3 nitrogen and oxygen atoms in total. The van der Waals surface area contributed by atoms with Crippen LogP contribution in [-0.2, 0) is 15.5 Å². The van der Waals surface area contributed by atoms with Gasteiger partial charge in [0.25, 0.3) is 0 Å². The maximum Gasteiger partial charge on any atom is 1.00 e. The first-order valence-electron chi connectivity index (χ1n) is 8.00. The molecule has 0 saturated carbocycles. The standard InChI is InChI=1S/C15H32O3S.K/c1-2-3-4-5-6-7-8-9-10-11-12-13-14-15-18-19(16)17;/h2-15H2,1H3,(H,16,17);/q;+1/p-1. The molecule has 0 spiro atoms. The van der Waals surface area contributed by atoms with Crippen LogP contribution in [0.1, 0.15) is 90.4 Å². The van der Waals surface area contributed by atoms with Crippen molar-refractivity contribution >= 4 is 11.4 Å². The second-order valence-electron chi connectivity index (χ2n) is 5.27. The summed E-state index contributed by atoms with van der Waals surface area (Å²) in [6.07, 6.45) is 16.8. The molecule has 0 aliphatic carbocycles. The van der Waals surface area contributed by atoms with Crippen molar-refractivity contribution in [2.45, 2.75) is 90.4 Å². The van der Waals surface area contributed by atoms with Gasteiger partial charge in [-0.15, -0.1) is 0 Å². The van der Waals surface area contributed by atoms with E-state index < -0.39 is 11.4 Å². The molecule has 0 radical (unpaired) electrons.